The quantitative estimate of drug-likeness (QED) is 0.780. The molecule has 0 unspecified atom stereocenters. The molecule has 0 radical (unpaired) electrons. The number of rotatable bonds is 3. The van der Waals surface area contributed by atoms with Crippen LogP contribution in [0.4, 0.5) is 11.4 Å². The fraction of sp³-hybridized carbons (Fsp3) is 0.182. The van der Waals surface area contributed by atoms with E-state index in [1.54, 1.807) is 11.3 Å². The van der Waals surface area contributed by atoms with Crippen LogP contribution in [0.15, 0.2) is 29.6 Å². The van der Waals surface area contributed by atoms with Gasteiger partial charge in [-0.15, -0.1) is 11.3 Å². The third kappa shape index (κ3) is 2.47. The number of nitrogens with one attached hydrogen (secondary N) is 1. The second kappa shape index (κ2) is 4.31. The second-order valence-corrected chi connectivity index (χ2v) is 4.27. The molecule has 3 N–H and O–H groups in total. The van der Waals surface area contributed by atoms with Crippen LogP contribution in [-0.2, 0) is 6.54 Å². The highest BCUT2D eigenvalue weighted by Crippen LogP contribution is 2.18. The summed E-state index contributed by atoms with van der Waals surface area (Å²) in [5, 5.41) is 6.39. The summed E-state index contributed by atoms with van der Waals surface area (Å²) < 4.78 is 0. The molecule has 2 rings (SSSR count). The number of thiazole rings is 1. The smallest absolute Gasteiger partial charge is 0.112 e. The molecule has 15 heavy (non-hydrogen) atoms. The average Bonchev–Trinajstić information content (AvgIpc) is 2.63. The van der Waals surface area contributed by atoms with E-state index < -0.39 is 0 Å². The predicted molar refractivity (Wildman–Crippen MR) is 65.0 cm³/mol. The summed E-state index contributed by atoms with van der Waals surface area (Å²) in [7, 11) is 0. The number of hydrogen-bond donors (Lipinski definition) is 2. The summed E-state index contributed by atoms with van der Waals surface area (Å²) in [4.78, 5) is 4.37. The third-order valence-electron chi connectivity index (χ3n) is 2.06. The maximum absolute atomic E-state index is 5.81. The van der Waals surface area contributed by atoms with E-state index in [-0.39, 0.29) is 0 Å². The van der Waals surface area contributed by atoms with Crippen LogP contribution in [0.25, 0.3) is 0 Å². The van der Waals surface area contributed by atoms with E-state index in [2.05, 4.69) is 10.3 Å². The zero-order valence-electron chi connectivity index (χ0n) is 8.53. The van der Waals surface area contributed by atoms with Crippen molar-refractivity contribution in [2.45, 2.75) is 13.5 Å². The van der Waals surface area contributed by atoms with Gasteiger partial charge in [0.15, 0.2) is 0 Å². The van der Waals surface area contributed by atoms with Crippen molar-refractivity contribution in [2.24, 2.45) is 0 Å². The Morgan fingerprint density at radius 3 is 2.87 bits per heavy atom. The van der Waals surface area contributed by atoms with Crippen molar-refractivity contribution in [3.8, 4) is 0 Å². The van der Waals surface area contributed by atoms with Crippen LogP contribution in [-0.4, -0.2) is 4.98 Å². The maximum atomic E-state index is 5.81. The van der Waals surface area contributed by atoms with E-state index in [0.717, 1.165) is 28.6 Å². The predicted octanol–water partition coefficient (Wildman–Crippen LogP) is 2.65. The van der Waals surface area contributed by atoms with Gasteiger partial charge in [-0.3, -0.25) is 0 Å². The van der Waals surface area contributed by atoms with Crippen molar-refractivity contribution < 1.29 is 0 Å². The summed E-state index contributed by atoms with van der Waals surface area (Å²) in [5.41, 5.74) is 8.61. The summed E-state index contributed by atoms with van der Waals surface area (Å²) >= 11 is 1.66. The van der Waals surface area contributed by atoms with Gasteiger partial charge in [-0.25, -0.2) is 4.98 Å². The van der Waals surface area contributed by atoms with Crippen LogP contribution >= 0.6 is 11.3 Å². The summed E-state index contributed by atoms with van der Waals surface area (Å²) in [6.45, 7) is 2.73. The van der Waals surface area contributed by atoms with E-state index in [0.29, 0.717) is 0 Å². The van der Waals surface area contributed by atoms with Crippen LogP contribution in [0.3, 0.4) is 0 Å². The van der Waals surface area contributed by atoms with Crippen molar-refractivity contribution in [3.05, 3.63) is 40.3 Å². The molecule has 78 valence electrons. The number of benzene rings is 1. The third-order valence-corrected chi connectivity index (χ3v) is 3.02. The zero-order chi connectivity index (χ0) is 10.7. The largest absolute Gasteiger partial charge is 0.397 e. The Hall–Kier alpha value is -1.55. The first kappa shape index (κ1) is 9.98. The van der Waals surface area contributed by atoms with Crippen LogP contribution in [0.2, 0.25) is 0 Å². The minimum atomic E-state index is 0.729. The molecule has 0 bridgehead atoms. The molecule has 3 nitrogen and oxygen atoms in total. The van der Waals surface area contributed by atoms with E-state index >= 15 is 0 Å². The highest BCUT2D eigenvalue weighted by atomic mass is 32.1. The standard InChI is InChI=1S/C11H13N3S/c1-8-7-15-11(14-8)6-13-10-5-3-2-4-9(10)12/h2-5,7,13H,6,12H2,1H3. The first-order chi connectivity index (χ1) is 7.25. The van der Waals surface area contributed by atoms with E-state index in [9.17, 15) is 0 Å². The molecule has 0 fully saturated rings. The minimum absolute atomic E-state index is 0.729. The summed E-state index contributed by atoms with van der Waals surface area (Å²) in [6, 6.07) is 7.74. The maximum Gasteiger partial charge on any atom is 0.112 e. The number of anilines is 2. The van der Waals surface area contributed by atoms with E-state index in [4.69, 9.17) is 5.73 Å². The Kier molecular flexibility index (Phi) is 2.87. The molecule has 0 atom stereocenters. The van der Waals surface area contributed by atoms with Crippen LogP contribution in [0.5, 0.6) is 0 Å². The molecular formula is C11H13N3S. The number of hydrogen-bond acceptors (Lipinski definition) is 4. The first-order valence-electron chi connectivity index (χ1n) is 4.75. The van der Waals surface area contributed by atoms with Gasteiger partial charge in [0.05, 0.1) is 17.9 Å². The van der Waals surface area contributed by atoms with Gasteiger partial charge in [-0.2, -0.15) is 0 Å². The van der Waals surface area contributed by atoms with Crippen molar-refractivity contribution >= 4 is 22.7 Å². The van der Waals surface area contributed by atoms with Crippen LogP contribution in [0.1, 0.15) is 10.7 Å². The van der Waals surface area contributed by atoms with Crippen molar-refractivity contribution in [1.29, 1.82) is 0 Å². The van der Waals surface area contributed by atoms with Crippen molar-refractivity contribution in [3.63, 3.8) is 0 Å². The molecule has 4 heteroatoms. The fourth-order valence-electron chi connectivity index (χ4n) is 1.31. The van der Waals surface area contributed by atoms with Gasteiger partial charge in [0, 0.05) is 11.1 Å². The first-order valence-corrected chi connectivity index (χ1v) is 5.63. The van der Waals surface area contributed by atoms with E-state index in [1.165, 1.54) is 0 Å². The molecular weight excluding hydrogens is 206 g/mol. The molecule has 1 aromatic carbocycles. The normalized spacial score (nSPS) is 10.2. The van der Waals surface area contributed by atoms with Gasteiger partial charge < -0.3 is 11.1 Å². The lowest BCUT2D eigenvalue weighted by molar-refractivity contribution is 1.08. The second-order valence-electron chi connectivity index (χ2n) is 3.32. The minimum Gasteiger partial charge on any atom is -0.397 e. The van der Waals surface area contributed by atoms with Gasteiger partial charge in [0.2, 0.25) is 0 Å². The molecule has 0 aliphatic carbocycles. The summed E-state index contributed by atoms with van der Waals surface area (Å²) in [5.74, 6) is 0. The zero-order valence-corrected chi connectivity index (χ0v) is 9.34. The number of aryl methyl sites for hydroxylation is 1. The lowest BCUT2D eigenvalue weighted by Gasteiger charge is -2.06. The molecule has 0 saturated heterocycles. The Labute approximate surface area is 93.0 Å². The lowest BCUT2D eigenvalue weighted by atomic mass is 10.3. The van der Waals surface area contributed by atoms with Crippen molar-refractivity contribution in [2.75, 3.05) is 11.1 Å². The molecule has 2 aromatic rings. The molecule has 0 saturated carbocycles. The van der Waals surface area contributed by atoms with Crippen molar-refractivity contribution in [1.82, 2.24) is 4.98 Å². The monoisotopic (exact) mass is 219 g/mol. The Morgan fingerprint density at radius 2 is 2.20 bits per heavy atom. The highest BCUT2D eigenvalue weighted by molar-refractivity contribution is 7.09. The van der Waals surface area contributed by atoms with Gasteiger partial charge >= 0.3 is 0 Å². The molecule has 0 aliphatic heterocycles. The van der Waals surface area contributed by atoms with E-state index in [1.807, 2.05) is 36.6 Å². The molecule has 1 aromatic heterocycles. The molecule has 0 spiro atoms. The topological polar surface area (TPSA) is 50.9 Å². The highest BCUT2D eigenvalue weighted by Gasteiger charge is 2.00. The summed E-state index contributed by atoms with van der Waals surface area (Å²) in [6.07, 6.45) is 0. The Bertz CT molecular complexity index is 451. The number of para-hydroxylation sites is 2. The van der Waals surface area contributed by atoms with Gasteiger partial charge in [-0.05, 0) is 19.1 Å². The van der Waals surface area contributed by atoms with Gasteiger partial charge in [0.25, 0.3) is 0 Å². The van der Waals surface area contributed by atoms with Gasteiger partial charge in [-0.1, -0.05) is 12.1 Å². The van der Waals surface area contributed by atoms with Gasteiger partial charge in [0.1, 0.15) is 5.01 Å². The average molecular weight is 219 g/mol. The number of aromatic nitrogens is 1. The van der Waals surface area contributed by atoms with Crippen LogP contribution < -0.4 is 11.1 Å². The fourth-order valence-corrected chi connectivity index (χ4v) is 2.02. The lowest BCUT2D eigenvalue weighted by Crippen LogP contribution is -2.01. The Morgan fingerprint density at radius 1 is 1.40 bits per heavy atom. The number of nitrogen functional groups attached to an aromatic ring is 1. The molecule has 1 heterocycles. The molecule has 0 amide bonds. The Balaban J connectivity index is 2.02. The number of nitrogens with zero attached hydrogens (tertiary/aromatic N) is 1. The van der Waals surface area contributed by atoms with Crippen LogP contribution in [0, 0.1) is 6.92 Å². The molecule has 0 aliphatic rings. The SMILES string of the molecule is Cc1csc(CNc2ccccc2N)n1. The number of nitrogens with two attached hydrogens (primary N) is 1.